The quantitative estimate of drug-likeness (QED) is 0.352. The lowest BCUT2D eigenvalue weighted by molar-refractivity contribution is -0.137. The molecule has 0 aliphatic rings. The van der Waals surface area contributed by atoms with E-state index < -0.39 is 11.7 Å². The van der Waals surface area contributed by atoms with Gasteiger partial charge in [-0.3, -0.25) is 4.79 Å². The van der Waals surface area contributed by atoms with Gasteiger partial charge in [0.05, 0.1) is 5.56 Å². The van der Waals surface area contributed by atoms with Crippen LogP contribution in [-0.4, -0.2) is 12.5 Å². The fraction of sp³-hybridized carbons (Fsp3) is 0.423. The van der Waals surface area contributed by atoms with Crippen molar-refractivity contribution in [2.45, 2.75) is 58.5 Å². The first-order chi connectivity index (χ1) is 15.2. The predicted molar refractivity (Wildman–Crippen MR) is 120 cm³/mol. The summed E-state index contributed by atoms with van der Waals surface area (Å²) in [6, 6.07) is 13.5. The van der Waals surface area contributed by atoms with Crippen molar-refractivity contribution in [3.05, 3.63) is 71.0 Å². The van der Waals surface area contributed by atoms with E-state index >= 15 is 0 Å². The van der Waals surface area contributed by atoms with Gasteiger partial charge in [-0.1, -0.05) is 38.1 Å². The van der Waals surface area contributed by atoms with Crippen molar-refractivity contribution in [1.29, 1.82) is 0 Å². The van der Waals surface area contributed by atoms with Gasteiger partial charge in [-0.25, -0.2) is 0 Å². The molecule has 0 spiro atoms. The van der Waals surface area contributed by atoms with Gasteiger partial charge in [0.2, 0.25) is 5.91 Å². The van der Waals surface area contributed by atoms with Crippen molar-refractivity contribution >= 4 is 16.9 Å². The number of furan rings is 1. The van der Waals surface area contributed by atoms with Crippen LogP contribution < -0.4 is 5.32 Å². The second-order valence-corrected chi connectivity index (χ2v) is 8.49. The topological polar surface area (TPSA) is 42.2 Å². The number of hydrogen-bond donors (Lipinski definition) is 1. The Morgan fingerprint density at radius 2 is 1.69 bits per heavy atom. The Labute approximate surface area is 187 Å². The van der Waals surface area contributed by atoms with Gasteiger partial charge in [0.15, 0.2) is 0 Å². The van der Waals surface area contributed by atoms with Crippen LogP contribution in [0, 0.1) is 5.92 Å². The number of halogens is 3. The second kappa shape index (κ2) is 10.7. The number of hydrogen-bond acceptors (Lipinski definition) is 2. The number of unbranched alkanes of at least 4 members (excludes halogenated alkanes) is 1. The molecule has 3 rings (SSSR count). The number of carbonyl (C=O) groups is 1. The molecule has 172 valence electrons. The normalized spacial score (nSPS) is 11.9. The first-order valence-corrected chi connectivity index (χ1v) is 11.2. The standard InChI is InChI=1S/C26H30F3NO2/c1-18(2)25(31)30-16-6-9-20-8-5-11-24-23(20)17-22(32-24)10-4-3-7-19-12-14-21(15-13-19)26(27,28)29/h5,8,11-15,17-18H,3-4,6-7,9-10,16H2,1-2H3,(H,30,31). The van der Waals surface area contributed by atoms with Crippen LogP contribution in [0.1, 0.15) is 55.6 Å². The molecule has 0 saturated carbocycles. The lowest BCUT2D eigenvalue weighted by Gasteiger charge is -2.07. The van der Waals surface area contributed by atoms with Gasteiger partial charge in [-0.05, 0) is 67.5 Å². The SMILES string of the molecule is CC(C)C(=O)NCCCc1cccc2oc(CCCCc3ccc(C(F)(F)F)cc3)cc12. The minimum atomic E-state index is -4.29. The summed E-state index contributed by atoms with van der Waals surface area (Å²) in [6.45, 7) is 4.42. The molecule has 32 heavy (non-hydrogen) atoms. The highest BCUT2D eigenvalue weighted by Gasteiger charge is 2.29. The maximum Gasteiger partial charge on any atom is 0.416 e. The molecule has 1 heterocycles. The van der Waals surface area contributed by atoms with E-state index in [-0.39, 0.29) is 11.8 Å². The lowest BCUT2D eigenvalue weighted by atomic mass is 10.0. The Morgan fingerprint density at radius 1 is 0.969 bits per heavy atom. The molecule has 0 bridgehead atoms. The Kier molecular flexibility index (Phi) is 7.99. The van der Waals surface area contributed by atoms with Gasteiger partial charge < -0.3 is 9.73 Å². The van der Waals surface area contributed by atoms with Gasteiger partial charge in [0.25, 0.3) is 0 Å². The Bertz CT molecular complexity index is 1020. The molecule has 1 aromatic heterocycles. The number of aryl methyl sites for hydroxylation is 3. The zero-order valence-corrected chi connectivity index (χ0v) is 18.6. The van der Waals surface area contributed by atoms with Crippen LogP contribution in [0.2, 0.25) is 0 Å². The summed E-state index contributed by atoms with van der Waals surface area (Å²) in [5.41, 5.74) is 2.38. The molecule has 3 aromatic rings. The van der Waals surface area contributed by atoms with Gasteiger partial charge >= 0.3 is 6.18 Å². The molecule has 0 radical (unpaired) electrons. The van der Waals surface area contributed by atoms with Crippen LogP contribution in [0.3, 0.4) is 0 Å². The Hall–Kier alpha value is -2.76. The van der Waals surface area contributed by atoms with Crippen molar-refractivity contribution in [2.75, 3.05) is 6.54 Å². The number of amides is 1. The van der Waals surface area contributed by atoms with E-state index in [1.165, 1.54) is 5.56 Å². The van der Waals surface area contributed by atoms with Crippen molar-refractivity contribution in [1.82, 2.24) is 5.32 Å². The van der Waals surface area contributed by atoms with Gasteiger partial charge in [-0.2, -0.15) is 13.2 Å². The molecule has 1 amide bonds. The van der Waals surface area contributed by atoms with Gasteiger partial charge in [0.1, 0.15) is 11.3 Å². The minimum Gasteiger partial charge on any atom is -0.461 e. The third-order valence-corrected chi connectivity index (χ3v) is 5.57. The summed E-state index contributed by atoms with van der Waals surface area (Å²) in [7, 11) is 0. The van der Waals surface area contributed by atoms with Crippen molar-refractivity contribution in [2.24, 2.45) is 5.92 Å². The second-order valence-electron chi connectivity index (χ2n) is 8.49. The van der Waals surface area contributed by atoms with E-state index in [9.17, 15) is 18.0 Å². The van der Waals surface area contributed by atoms with Crippen LogP contribution in [0.15, 0.2) is 52.9 Å². The Balaban J connectivity index is 1.48. The fourth-order valence-corrected chi connectivity index (χ4v) is 3.70. The monoisotopic (exact) mass is 445 g/mol. The third-order valence-electron chi connectivity index (χ3n) is 5.57. The summed E-state index contributed by atoms with van der Waals surface area (Å²) in [6.07, 6.45) is 0.752. The van der Waals surface area contributed by atoms with E-state index in [4.69, 9.17) is 4.42 Å². The number of benzene rings is 2. The largest absolute Gasteiger partial charge is 0.461 e. The zero-order valence-electron chi connectivity index (χ0n) is 18.6. The van der Waals surface area contributed by atoms with Crippen LogP contribution in [0.5, 0.6) is 0 Å². The highest BCUT2D eigenvalue weighted by molar-refractivity contribution is 5.81. The summed E-state index contributed by atoms with van der Waals surface area (Å²) < 4.78 is 43.9. The first kappa shape index (κ1) is 23.9. The number of alkyl halides is 3. The molecule has 6 heteroatoms. The van der Waals surface area contributed by atoms with Crippen molar-refractivity contribution in [3.63, 3.8) is 0 Å². The van der Waals surface area contributed by atoms with Crippen molar-refractivity contribution in [3.8, 4) is 0 Å². The summed E-state index contributed by atoms with van der Waals surface area (Å²) in [5, 5.41) is 4.06. The predicted octanol–water partition coefficient (Wildman–Crippen LogP) is 6.72. The number of nitrogens with one attached hydrogen (secondary N) is 1. The van der Waals surface area contributed by atoms with Crippen LogP contribution in [0.4, 0.5) is 13.2 Å². The first-order valence-electron chi connectivity index (χ1n) is 11.2. The van der Waals surface area contributed by atoms with Crippen molar-refractivity contribution < 1.29 is 22.4 Å². The lowest BCUT2D eigenvalue weighted by Crippen LogP contribution is -2.28. The Morgan fingerprint density at radius 3 is 2.38 bits per heavy atom. The van der Waals surface area contributed by atoms with Crippen LogP contribution in [0.25, 0.3) is 11.0 Å². The molecule has 0 unspecified atom stereocenters. The third kappa shape index (κ3) is 6.62. The highest BCUT2D eigenvalue weighted by atomic mass is 19.4. The summed E-state index contributed by atoms with van der Waals surface area (Å²) in [4.78, 5) is 11.7. The number of fused-ring (bicyclic) bond motifs is 1. The van der Waals surface area contributed by atoms with Crippen LogP contribution >= 0.6 is 0 Å². The highest BCUT2D eigenvalue weighted by Crippen LogP contribution is 2.29. The van der Waals surface area contributed by atoms with E-state index in [1.54, 1.807) is 12.1 Å². The number of carbonyl (C=O) groups excluding carboxylic acids is 1. The average molecular weight is 446 g/mol. The van der Waals surface area contributed by atoms with Gasteiger partial charge in [0, 0.05) is 24.3 Å². The molecular formula is C26H30F3NO2. The molecule has 0 aliphatic carbocycles. The maximum absolute atomic E-state index is 12.7. The van der Waals surface area contributed by atoms with E-state index in [0.717, 1.165) is 73.0 Å². The van der Waals surface area contributed by atoms with E-state index in [1.807, 2.05) is 26.0 Å². The maximum atomic E-state index is 12.7. The summed E-state index contributed by atoms with van der Waals surface area (Å²) >= 11 is 0. The fourth-order valence-electron chi connectivity index (χ4n) is 3.70. The van der Waals surface area contributed by atoms with E-state index in [2.05, 4.69) is 17.4 Å². The van der Waals surface area contributed by atoms with E-state index in [0.29, 0.717) is 6.54 Å². The molecule has 0 atom stereocenters. The summed E-state index contributed by atoms with van der Waals surface area (Å²) in [5.74, 6) is 0.993. The van der Waals surface area contributed by atoms with Gasteiger partial charge in [-0.15, -0.1) is 0 Å². The molecule has 0 aliphatic heterocycles. The average Bonchev–Trinajstić information content (AvgIpc) is 3.17. The van der Waals surface area contributed by atoms with Crippen LogP contribution in [-0.2, 0) is 30.2 Å². The molecule has 0 fully saturated rings. The minimum absolute atomic E-state index is 0.00545. The molecule has 3 nitrogen and oxygen atoms in total. The smallest absolute Gasteiger partial charge is 0.416 e. The zero-order chi connectivity index (χ0) is 23.1. The number of rotatable bonds is 10. The molecular weight excluding hydrogens is 415 g/mol. The molecule has 1 N–H and O–H groups in total. The molecule has 2 aromatic carbocycles. The molecule has 0 saturated heterocycles.